The Hall–Kier alpha value is -3.26. The first kappa shape index (κ1) is 31.7. The average Bonchev–Trinajstić information content (AvgIpc) is 3.16. The molecule has 0 aliphatic carbocycles. The van der Waals surface area contributed by atoms with Crippen molar-refractivity contribution in [3.63, 3.8) is 0 Å². The molecule has 42 heavy (non-hydrogen) atoms. The summed E-state index contributed by atoms with van der Waals surface area (Å²) in [6, 6.07) is 5.78. The number of carbonyl (C=O) groups excluding carboxylic acids is 2. The lowest BCUT2D eigenvalue weighted by Crippen LogP contribution is -2.55. The number of aromatic nitrogens is 1. The van der Waals surface area contributed by atoms with E-state index in [-0.39, 0.29) is 28.7 Å². The van der Waals surface area contributed by atoms with Crippen LogP contribution in [-0.2, 0) is 11.0 Å². The van der Waals surface area contributed by atoms with Gasteiger partial charge in [0.25, 0.3) is 11.8 Å². The number of ether oxygens (including phenoxy) is 1. The molecule has 1 aromatic heterocycles. The first-order valence-corrected chi connectivity index (χ1v) is 13.5. The quantitative estimate of drug-likeness (QED) is 0.363. The Morgan fingerprint density at radius 2 is 1.74 bits per heavy atom. The van der Waals surface area contributed by atoms with Crippen LogP contribution < -0.4 is 20.3 Å². The molecule has 2 aliphatic rings. The molecular formula is C27H29ClF6N4O4. The molecule has 0 saturated carbocycles. The number of hydrogen-bond acceptors (Lipinski definition) is 6. The normalized spacial score (nSPS) is 21.6. The van der Waals surface area contributed by atoms with Gasteiger partial charge in [-0.3, -0.25) is 9.59 Å². The van der Waals surface area contributed by atoms with Gasteiger partial charge in [-0.15, -0.1) is 0 Å². The van der Waals surface area contributed by atoms with Gasteiger partial charge >= 0.3 is 12.4 Å². The van der Waals surface area contributed by atoms with Crippen LogP contribution >= 0.6 is 11.6 Å². The number of aliphatic hydroxyl groups is 1. The minimum atomic E-state index is -4.85. The third-order valence-electron chi connectivity index (χ3n) is 7.34. The van der Waals surface area contributed by atoms with Crippen molar-refractivity contribution in [2.75, 3.05) is 11.4 Å². The Morgan fingerprint density at radius 3 is 2.29 bits per heavy atom. The minimum Gasteiger partial charge on any atom is -0.477 e. The largest absolute Gasteiger partial charge is 0.477 e. The fourth-order valence-electron chi connectivity index (χ4n) is 5.24. The summed E-state index contributed by atoms with van der Waals surface area (Å²) in [5.41, 5.74) is -2.69. The molecule has 0 spiro atoms. The van der Waals surface area contributed by atoms with E-state index in [2.05, 4.69) is 15.2 Å². The van der Waals surface area contributed by atoms with E-state index in [1.807, 2.05) is 5.32 Å². The van der Waals surface area contributed by atoms with Gasteiger partial charge in [0.15, 0.2) is 11.7 Å². The predicted octanol–water partition coefficient (Wildman–Crippen LogP) is 4.88. The summed E-state index contributed by atoms with van der Waals surface area (Å²) in [6.07, 6.45) is -8.35. The number of halogens is 7. The lowest BCUT2D eigenvalue weighted by Gasteiger charge is -2.41. The van der Waals surface area contributed by atoms with Crippen molar-refractivity contribution in [3.05, 3.63) is 52.7 Å². The van der Waals surface area contributed by atoms with E-state index in [9.17, 15) is 35.9 Å². The van der Waals surface area contributed by atoms with Crippen LogP contribution in [0.5, 0.6) is 5.75 Å². The number of pyridine rings is 1. The van der Waals surface area contributed by atoms with Gasteiger partial charge in [-0.1, -0.05) is 11.6 Å². The lowest BCUT2D eigenvalue weighted by atomic mass is 9.96. The van der Waals surface area contributed by atoms with Crippen molar-refractivity contribution in [3.8, 4) is 5.75 Å². The van der Waals surface area contributed by atoms with E-state index in [0.717, 1.165) is 25.0 Å². The first-order valence-electron chi connectivity index (χ1n) is 13.1. The Kier molecular flexibility index (Phi) is 8.89. The third-order valence-corrected chi connectivity index (χ3v) is 7.57. The number of hydrogen-bond donors (Lipinski definition) is 3. The molecule has 2 aliphatic heterocycles. The average molecular weight is 623 g/mol. The number of fused-ring (bicyclic) bond motifs is 2. The number of amides is 2. The molecule has 3 unspecified atom stereocenters. The summed E-state index contributed by atoms with van der Waals surface area (Å²) in [6.45, 7) is 1.77. The number of carbonyl (C=O) groups is 2. The fraction of sp³-hybridized carbons (Fsp3) is 0.519. The molecule has 4 rings (SSSR count). The predicted molar refractivity (Wildman–Crippen MR) is 140 cm³/mol. The second-order valence-corrected chi connectivity index (χ2v) is 11.3. The molecule has 3 atom stereocenters. The second kappa shape index (κ2) is 11.8. The van der Waals surface area contributed by atoms with E-state index in [1.165, 1.54) is 32.2 Å². The molecule has 2 bridgehead atoms. The van der Waals surface area contributed by atoms with Gasteiger partial charge in [-0.25, -0.2) is 4.98 Å². The molecule has 1 aromatic carbocycles. The molecule has 8 nitrogen and oxygen atoms in total. The maximum Gasteiger partial charge on any atom is 0.420 e. The highest BCUT2D eigenvalue weighted by molar-refractivity contribution is 6.30. The van der Waals surface area contributed by atoms with Crippen LogP contribution in [0.1, 0.15) is 55.5 Å². The number of alkyl halides is 6. The van der Waals surface area contributed by atoms with Gasteiger partial charge in [0.05, 0.1) is 17.7 Å². The molecule has 2 aromatic rings. The molecule has 2 fully saturated rings. The summed E-state index contributed by atoms with van der Waals surface area (Å²) >= 11 is 5.73. The van der Waals surface area contributed by atoms with Crippen molar-refractivity contribution in [1.82, 2.24) is 15.6 Å². The molecule has 2 saturated heterocycles. The van der Waals surface area contributed by atoms with Crippen LogP contribution in [0.15, 0.2) is 36.5 Å². The number of benzene rings is 1. The number of nitrogens with zero attached hydrogens (tertiary/aromatic N) is 2. The van der Waals surface area contributed by atoms with Crippen LogP contribution in [0.2, 0.25) is 5.02 Å². The number of aliphatic hydroxyl groups excluding tert-OH is 1. The topological polar surface area (TPSA) is 104 Å². The Balaban J connectivity index is 1.36. The van der Waals surface area contributed by atoms with Gasteiger partial charge in [-0.05, 0) is 69.9 Å². The van der Waals surface area contributed by atoms with Gasteiger partial charge in [0.2, 0.25) is 0 Å². The van der Waals surface area contributed by atoms with Gasteiger partial charge in [-0.2, -0.15) is 26.3 Å². The second-order valence-electron chi connectivity index (χ2n) is 10.9. The molecular weight excluding hydrogens is 594 g/mol. The Labute approximate surface area is 242 Å². The number of nitrogens with one attached hydrogen (secondary N) is 2. The monoisotopic (exact) mass is 622 g/mol. The fourth-order valence-corrected chi connectivity index (χ4v) is 5.41. The highest BCUT2D eigenvalue weighted by Crippen LogP contribution is 2.40. The summed E-state index contributed by atoms with van der Waals surface area (Å²) < 4.78 is 83.4. The molecule has 2 amide bonds. The number of rotatable bonds is 8. The maximum atomic E-state index is 13.5. The van der Waals surface area contributed by atoms with Crippen LogP contribution in [-0.4, -0.2) is 64.5 Å². The van der Waals surface area contributed by atoms with Crippen molar-refractivity contribution in [2.24, 2.45) is 0 Å². The van der Waals surface area contributed by atoms with Crippen molar-refractivity contribution < 1.29 is 45.8 Å². The lowest BCUT2D eigenvalue weighted by molar-refractivity contribution is -0.201. The van der Waals surface area contributed by atoms with E-state index < -0.39 is 53.7 Å². The molecule has 0 radical (unpaired) electrons. The minimum absolute atomic E-state index is 0.0136. The van der Waals surface area contributed by atoms with E-state index in [0.29, 0.717) is 18.7 Å². The van der Waals surface area contributed by atoms with Crippen molar-refractivity contribution in [1.29, 1.82) is 0 Å². The van der Waals surface area contributed by atoms with E-state index in [1.54, 1.807) is 6.07 Å². The Morgan fingerprint density at radius 1 is 1.10 bits per heavy atom. The summed E-state index contributed by atoms with van der Waals surface area (Å²) in [7, 11) is 0. The maximum absolute atomic E-state index is 13.5. The number of anilines is 1. The van der Waals surface area contributed by atoms with E-state index >= 15 is 0 Å². The highest BCUT2D eigenvalue weighted by atomic mass is 35.5. The van der Waals surface area contributed by atoms with Gasteiger partial charge in [0.1, 0.15) is 11.6 Å². The zero-order valence-corrected chi connectivity index (χ0v) is 23.3. The third kappa shape index (κ3) is 7.20. The molecule has 230 valence electrons. The van der Waals surface area contributed by atoms with Gasteiger partial charge < -0.3 is 25.4 Å². The van der Waals surface area contributed by atoms with Crippen LogP contribution in [0.4, 0.5) is 32.2 Å². The molecule has 15 heteroatoms. The molecule has 3 heterocycles. The van der Waals surface area contributed by atoms with Crippen molar-refractivity contribution >= 4 is 29.2 Å². The summed E-state index contributed by atoms with van der Waals surface area (Å²) in [4.78, 5) is 31.7. The van der Waals surface area contributed by atoms with Gasteiger partial charge in [0, 0.05) is 29.3 Å². The Bertz CT molecular complexity index is 1290. The molecule has 3 N–H and O–H groups in total. The standard InChI is InChI=1S/C27H29ClF6N4O4/c1-25(2,42-20-7-4-15(28)9-19(20)26(29,30)31)24(41)37-16-10-17-5-6-18(11-16)38(17)22-8-3-14(12-35-22)23(40)36-13-21(39)27(32,33)34/h3-4,7-9,12,16-18,21,39H,5-6,10-11,13H2,1-2H3,(H,36,40)(H,37,41). The smallest absolute Gasteiger partial charge is 0.420 e. The number of piperidine rings is 1. The van der Waals surface area contributed by atoms with Crippen molar-refractivity contribution in [2.45, 2.75) is 81.7 Å². The highest BCUT2D eigenvalue weighted by Gasteiger charge is 2.44. The zero-order valence-electron chi connectivity index (χ0n) is 22.5. The van der Waals surface area contributed by atoms with Crippen LogP contribution in [0.25, 0.3) is 0 Å². The first-order chi connectivity index (χ1) is 19.5. The summed E-state index contributed by atoms with van der Waals surface area (Å²) in [5.74, 6) is -1.34. The summed E-state index contributed by atoms with van der Waals surface area (Å²) in [5, 5.41) is 13.9. The van der Waals surface area contributed by atoms with E-state index in [4.69, 9.17) is 21.4 Å². The zero-order chi connectivity index (χ0) is 31.0. The SMILES string of the molecule is CC(C)(Oc1ccc(Cl)cc1C(F)(F)F)C(=O)NC1CC2CCC(C1)N2c1ccc(C(=O)NCC(O)C(F)(F)F)cn1. The van der Waals surface area contributed by atoms with Crippen LogP contribution in [0, 0.1) is 0 Å². The van der Waals surface area contributed by atoms with Crippen LogP contribution in [0.3, 0.4) is 0 Å².